The zero-order valence-electron chi connectivity index (χ0n) is 12.5. The van der Waals surface area contributed by atoms with Crippen LogP contribution in [-0.4, -0.2) is 29.6 Å². The Bertz CT molecular complexity index is 227. The number of rotatable bonds is 5. The summed E-state index contributed by atoms with van der Waals surface area (Å²) in [5, 5.41) is 0. The Balaban J connectivity index is 2.68. The molecular weight excluding hydrogens is 208 g/mol. The molecule has 1 fully saturated rings. The summed E-state index contributed by atoms with van der Waals surface area (Å²) >= 11 is 0. The smallest absolute Gasteiger partial charge is 0.0306 e. The van der Waals surface area contributed by atoms with Gasteiger partial charge in [0.05, 0.1) is 0 Å². The van der Waals surface area contributed by atoms with Crippen molar-refractivity contribution in [3.63, 3.8) is 0 Å². The molecule has 0 amide bonds. The SMILES string of the molecule is CC(C)CCC(C)(CN)N1CC(C)CCC1C. The van der Waals surface area contributed by atoms with E-state index in [1.807, 2.05) is 0 Å². The molecule has 0 radical (unpaired) electrons. The lowest BCUT2D eigenvalue weighted by molar-refractivity contribution is 0.0129. The molecule has 0 aromatic carbocycles. The average molecular weight is 240 g/mol. The molecule has 0 aromatic rings. The zero-order chi connectivity index (χ0) is 13.1. The van der Waals surface area contributed by atoms with Gasteiger partial charge in [-0.15, -0.1) is 0 Å². The second-order valence-electron chi connectivity index (χ2n) is 6.82. The number of nitrogens with two attached hydrogens (primary N) is 1. The first-order valence-electron chi connectivity index (χ1n) is 7.36. The maximum absolute atomic E-state index is 6.09. The summed E-state index contributed by atoms with van der Waals surface area (Å²) < 4.78 is 0. The molecule has 0 spiro atoms. The summed E-state index contributed by atoms with van der Waals surface area (Å²) in [6.07, 6.45) is 5.23. The number of hydrogen-bond acceptors (Lipinski definition) is 2. The van der Waals surface area contributed by atoms with Crippen LogP contribution in [0, 0.1) is 11.8 Å². The highest BCUT2D eigenvalue weighted by atomic mass is 15.2. The maximum Gasteiger partial charge on any atom is 0.0306 e. The Kier molecular flexibility index (Phi) is 5.46. The molecule has 2 N–H and O–H groups in total. The molecule has 1 aliphatic rings. The third-order valence-corrected chi connectivity index (χ3v) is 4.51. The Morgan fingerprint density at radius 2 is 1.94 bits per heavy atom. The second kappa shape index (κ2) is 6.19. The first-order chi connectivity index (χ1) is 7.89. The van der Waals surface area contributed by atoms with Gasteiger partial charge in [-0.3, -0.25) is 4.90 Å². The van der Waals surface area contributed by atoms with Crippen molar-refractivity contribution in [2.75, 3.05) is 13.1 Å². The molecule has 2 nitrogen and oxygen atoms in total. The van der Waals surface area contributed by atoms with E-state index in [9.17, 15) is 0 Å². The van der Waals surface area contributed by atoms with Gasteiger partial charge in [-0.1, -0.05) is 20.8 Å². The van der Waals surface area contributed by atoms with E-state index in [-0.39, 0.29) is 5.54 Å². The van der Waals surface area contributed by atoms with Crippen molar-refractivity contribution in [1.82, 2.24) is 4.90 Å². The van der Waals surface area contributed by atoms with Gasteiger partial charge in [0.15, 0.2) is 0 Å². The first kappa shape index (κ1) is 15.0. The van der Waals surface area contributed by atoms with Crippen molar-refractivity contribution in [3.05, 3.63) is 0 Å². The minimum atomic E-state index is 0.207. The second-order valence-corrected chi connectivity index (χ2v) is 6.82. The minimum Gasteiger partial charge on any atom is -0.329 e. The van der Waals surface area contributed by atoms with E-state index in [4.69, 9.17) is 5.73 Å². The van der Waals surface area contributed by atoms with Gasteiger partial charge in [0.25, 0.3) is 0 Å². The lowest BCUT2D eigenvalue weighted by Gasteiger charge is -2.49. The first-order valence-corrected chi connectivity index (χ1v) is 7.36. The van der Waals surface area contributed by atoms with E-state index >= 15 is 0 Å². The van der Waals surface area contributed by atoms with Gasteiger partial charge in [0.2, 0.25) is 0 Å². The van der Waals surface area contributed by atoms with Crippen molar-refractivity contribution >= 4 is 0 Å². The van der Waals surface area contributed by atoms with Crippen LogP contribution < -0.4 is 5.73 Å². The van der Waals surface area contributed by atoms with Crippen molar-refractivity contribution in [2.24, 2.45) is 17.6 Å². The largest absolute Gasteiger partial charge is 0.329 e. The monoisotopic (exact) mass is 240 g/mol. The van der Waals surface area contributed by atoms with Crippen LogP contribution in [0.15, 0.2) is 0 Å². The number of piperidine rings is 1. The molecule has 1 rings (SSSR count). The summed E-state index contributed by atoms with van der Waals surface area (Å²) in [5.74, 6) is 1.61. The van der Waals surface area contributed by atoms with Crippen LogP contribution >= 0.6 is 0 Å². The highest BCUT2D eigenvalue weighted by Crippen LogP contribution is 2.31. The van der Waals surface area contributed by atoms with Crippen molar-refractivity contribution in [2.45, 2.75) is 71.9 Å². The van der Waals surface area contributed by atoms with Gasteiger partial charge in [-0.05, 0) is 51.4 Å². The highest BCUT2D eigenvalue weighted by molar-refractivity contribution is 4.93. The van der Waals surface area contributed by atoms with Gasteiger partial charge in [0.1, 0.15) is 0 Å². The normalized spacial score (nSPS) is 30.5. The quantitative estimate of drug-likeness (QED) is 0.799. The van der Waals surface area contributed by atoms with E-state index in [0.717, 1.165) is 18.4 Å². The Morgan fingerprint density at radius 3 is 2.47 bits per heavy atom. The molecule has 102 valence electrons. The van der Waals surface area contributed by atoms with Crippen LogP contribution in [-0.2, 0) is 0 Å². The predicted octanol–water partition coefficient (Wildman–Crippen LogP) is 3.26. The Morgan fingerprint density at radius 1 is 1.29 bits per heavy atom. The minimum absolute atomic E-state index is 0.207. The molecule has 0 saturated carbocycles. The van der Waals surface area contributed by atoms with E-state index in [0.29, 0.717) is 6.04 Å². The average Bonchev–Trinajstić information content (AvgIpc) is 2.29. The van der Waals surface area contributed by atoms with Crippen molar-refractivity contribution in [3.8, 4) is 0 Å². The van der Waals surface area contributed by atoms with Crippen LogP contribution in [0.2, 0.25) is 0 Å². The predicted molar refractivity (Wildman–Crippen MR) is 76.1 cm³/mol. The third-order valence-electron chi connectivity index (χ3n) is 4.51. The molecule has 2 heteroatoms. The summed E-state index contributed by atoms with van der Waals surface area (Å²) in [5.41, 5.74) is 6.30. The van der Waals surface area contributed by atoms with Crippen molar-refractivity contribution in [1.29, 1.82) is 0 Å². The van der Waals surface area contributed by atoms with Gasteiger partial charge >= 0.3 is 0 Å². The molecule has 0 aromatic heterocycles. The molecule has 1 heterocycles. The number of likely N-dealkylation sites (tertiary alicyclic amines) is 1. The van der Waals surface area contributed by atoms with Crippen LogP contribution in [0.4, 0.5) is 0 Å². The van der Waals surface area contributed by atoms with Gasteiger partial charge in [-0.2, -0.15) is 0 Å². The highest BCUT2D eigenvalue weighted by Gasteiger charge is 2.36. The molecule has 1 saturated heterocycles. The topological polar surface area (TPSA) is 29.3 Å². The molecular formula is C15H32N2. The molecule has 3 atom stereocenters. The Hall–Kier alpha value is -0.0800. The molecule has 1 aliphatic heterocycles. The van der Waals surface area contributed by atoms with Gasteiger partial charge < -0.3 is 5.73 Å². The maximum atomic E-state index is 6.09. The van der Waals surface area contributed by atoms with E-state index in [2.05, 4.69) is 39.5 Å². The molecule has 0 bridgehead atoms. The Labute approximate surface area is 108 Å². The van der Waals surface area contributed by atoms with Crippen LogP contribution in [0.5, 0.6) is 0 Å². The number of nitrogens with zero attached hydrogens (tertiary/aromatic N) is 1. The molecule has 0 aliphatic carbocycles. The van der Waals surface area contributed by atoms with Crippen molar-refractivity contribution < 1.29 is 0 Å². The fourth-order valence-corrected chi connectivity index (χ4v) is 3.00. The van der Waals surface area contributed by atoms with Crippen LogP contribution in [0.25, 0.3) is 0 Å². The summed E-state index contributed by atoms with van der Waals surface area (Å²) in [4.78, 5) is 2.68. The van der Waals surface area contributed by atoms with E-state index in [1.165, 1.54) is 32.2 Å². The lowest BCUT2D eigenvalue weighted by Crippen LogP contribution is -2.58. The van der Waals surface area contributed by atoms with Gasteiger partial charge in [-0.25, -0.2) is 0 Å². The molecule has 17 heavy (non-hydrogen) atoms. The van der Waals surface area contributed by atoms with Crippen LogP contribution in [0.3, 0.4) is 0 Å². The summed E-state index contributed by atoms with van der Waals surface area (Å²) in [6.45, 7) is 13.7. The van der Waals surface area contributed by atoms with E-state index < -0.39 is 0 Å². The van der Waals surface area contributed by atoms with Crippen LogP contribution in [0.1, 0.15) is 60.3 Å². The van der Waals surface area contributed by atoms with Gasteiger partial charge in [0, 0.05) is 24.7 Å². The fraction of sp³-hybridized carbons (Fsp3) is 1.00. The summed E-state index contributed by atoms with van der Waals surface area (Å²) in [6, 6.07) is 0.701. The molecule has 3 unspecified atom stereocenters. The number of hydrogen-bond donors (Lipinski definition) is 1. The third kappa shape index (κ3) is 3.96. The lowest BCUT2D eigenvalue weighted by atomic mass is 9.84. The standard InChI is InChI=1S/C15H32N2/c1-12(2)8-9-15(5,11-16)17-10-13(3)6-7-14(17)4/h12-14H,6-11,16H2,1-5H3. The van der Waals surface area contributed by atoms with E-state index in [1.54, 1.807) is 0 Å². The summed E-state index contributed by atoms with van der Waals surface area (Å²) in [7, 11) is 0. The fourth-order valence-electron chi connectivity index (χ4n) is 3.00. The zero-order valence-corrected chi connectivity index (χ0v) is 12.5.